The fourth-order valence-corrected chi connectivity index (χ4v) is 4.33. The predicted molar refractivity (Wildman–Crippen MR) is 117 cm³/mol. The van der Waals surface area contributed by atoms with E-state index in [1.807, 2.05) is 6.92 Å². The highest BCUT2D eigenvalue weighted by atomic mass is 35.5. The quantitative estimate of drug-likeness (QED) is 0.656. The van der Waals surface area contributed by atoms with Crippen molar-refractivity contribution in [2.45, 2.75) is 18.6 Å². The Morgan fingerprint density at radius 3 is 2.71 bits per heavy atom. The lowest BCUT2D eigenvalue weighted by Gasteiger charge is -2.11. The molecule has 1 fully saturated rings. The van der Waals surface area contributed by atoms with Gasteiger partial charge in [-0.15, -0.1) is 0 Å². The van der Waals surface area contributed by atoms with Gasteiger partial charge in [0.1, 0.15) is 5.25 Å². The third kappa shape index (κ3) is 4.63. The maximum atomic E-state index is 12.5. The maximum absolute atomic E-state index is 12.5. The summed E-state index contributed by atoms with van der Waals surface area (Å²) in [6.07, 6.45) is 0.0260. The molecule has 2 amide bonds. The van der Waals surface area contributed by atoms with Crippen LogP contribution in [0.25, 0.3) is 0 Å². The highest BCUT2D eigenvalue weighted by Crippen LogP contribution is 2.36. The van der Waals surface area contributed by atoms with E-state index in [2.05, 4.69) is 10.3 Å². The van der Waals surface area contributed by atoms with E-state index >= 15 is 0 Å². The molecule has 5 nitrogen and oxygen atoms in total. The number of carbonyl (C=O) groups excluding carboxylic acids is 2. The van der Waals surface area contributed by atoms with Crippen LogP contribution < -0.4 is 5.32 Å². The minimum atomic E-state index is -0.561. The summed E-state index contributed by atoms with van der Waals surface area (Å²) >= 11 is 19.3. The Morgan fingerprint density at radius 2 is 2.00 bits per heavy atom. The zero-order chi connectivity index (χ0) is 20.4. The molecule has 1 saturated heterocycles. The number of thioether (sulfide) groups is 1. The van der Waals surface area contributed by atoms with E-state index in [-0.39, 0.29) is 18.2 Å². The Labute approximate surface area is 182 Å². The molecule has 0 bridgehead atoms. The summed E-state index contributed by atoms with van der Waals surface area (Å²) in [5.41, 5.74) is 1.98. The van der Waals surface area contributed by atoms with E-state index in [0.29, 0.717) is 31.6 Å². The third-order valence-corrected chi connectivity index (χ3v) is 6.39. The minimum Gasteiger partial charge on any atom is -0.326 e. The van der Waals surface area contributed by atoms with Gasteiger partial charge in [0.05, 0.1) is 15.7 Å². The Morgan fingerprint density at radius 1 is 1.25 bits per heavy atom. The number of nitrogens with one attached hydrogen (secondary N) is 1. The third-order valence-electron chi connectivity index (χ3n) is 4.12. The number of nitrogens with zero attached hydrogens (tertiary/aromatic N) is 2. The lowest BCUT2D eigenvalue weighted by molar-refractivity contribution is -0.127. The molecule has 1 aliphatic rings. The molecule has 1 atom stereocenters. The number of hydrogen-bond acceptors (Lipinski definition) is 4. The summed E-state index contributed by atoms with van der Waals surface area (Å²) in [6, 6.07) is 10.3. The number of rotatable bonds is 4. The van der Waals surface area contributed by atoms with E-state index < -0.39 is 5.25 Å². The molecule has 0 aromatic heterocycles. The standard InChI is InChI=1S/C19H16Cl3N3O2S/c1-10-8-11(20)6-7-13(10)23-16(26)9-15-18(27)25(2)19(28-15)24-14-5-3-4-12(21)17(14)22/h3-8,15H,9H2,1-2H3,(H,23,26)/t15-/m1/s1. The van der Waals surface area contributed by atoms with Crippen molar-refractivity contribution in [2.75, 3.05) is 12.4 Å². The van der Waals surface area contributed by atoms with Gasteiger partial charge in [0, 0.05) is 24.2 Å². The topological polar surface area (TPSA) is 61.8 Å². The first-order valence-corrected chi connectivity index (χ1v) is 10.3. The molecule has 0 unspecified atom stereocenters. The molecule has 0 saturated carbocycles. The van der Waals surface area contributed by atoms with Crippen molar-refractivity contribution >= 4 is 74.9 Å². The van der Waals surface area contributed by atoms with Crippen LogP contribution in [0.2, 0.25) is 15.1 Å². The molecule has 2 aromatic rings. The molecule has 0 spiro atoms. The summed E-state index contributed by atoms with van der Waals surface area (Å²) < 4.78 is 0. The van der Waals surface area contributed by atoms with Gasteiger partial charge in [0.15, 0.2) is 5.17 Å². The monoisotopic (exact) mass is 455 g/mol. The van der Waals surface area contributed by atoms with Crippen LogP contribution in [0.5, 0.6) is 0 Å². The smallest absolute Gasteiger partial charge is 0.242 e. The second kappa shape index (κ2) is 8.74. The first kappa shape index (κ1) is 21.0. The zero-order valence-electron chi connectivity index (χ0n) is 15.0. The Hall–Kier alpha value is -1.73. The van der Waals surface area contributed by atoms with Crippen LogP contribution >= 0.6 is 46.6 Å². The van der Waals surface area contributed by atoms with E-state index in [4.69, 9.17) is 34.8 Å². The number of amides is 2. The molecule has 0 radical (unpaired) electrons. The van der Waals surface area contributed by atoms with Crippen molar-refractivity contribution in [1.82, 2.24) is 4.90 Å². The van der Waals surface area contributed by atoms with Crippen LogP contribution in [0, 0.1) is 6.92 Å². The highest BCUT2D eigenvalue weighted by molar-refractivity contribution is 8.15. The molecule has 2 aromatic carbocycles. The number of anilines is 1. The van der Waals surface area contributed by atoms with Gasteiger partial charge in [-0.2, -0.15) is 0 Å². The number of amidine groups is 1. The van der Waals surface area contributed by atoms with Crippen LogP contribution in [-0.4, -0.2) is 34.2 Å². The van der Waals surface area contributed by atoms with Crippen molar-refractivity contribution in [2.24, 2.45) is 4.99 Å². The fourth-order valence-electron chi connectivity index (χ4n) is 2.62. The zero-order valence-corrected chi connectivity index (χ0v) is 18.1. The lowest BCUT2D eigenvalue weighted by Crippen LogP contribution is -2.30. The van der Waals surface area contributed by atoms with Gasteiger partial charge in [-0.1, -0.05) is 52.6 Å². The molecule has 1 aliphatic heterocycles. The van der Waals surface area contributed by atoms with Crippen molar-refractivity contribution in [3.63, 3.8) is 0 Å². The summed E-state index contributed by atoms with van der Waals surface area (Å²) in [6.45, 7) is 1.85. The number of carbonyl (C=O) groups is 2. The predicted octanol–water partition coefficient (Wildman–Crippen LogP) is 5.55. The molecular weight excluding hydrogens is 441 g/mol. The average Bonchev–Trinajstić information content (AvgIpc) is 2.89. The largest absolute Gasteiger partial charge is 0.326 e. The number of halogens is 3. The lowest BCUT2D eigenvalue weighted by atomic mass is 10.2. The molecule has 0 aliphatic carbocycles. The minimum absolute atomic E-state index is 0.0260. The number of aliphatic imine (C=N–C) groups is 1. The van der Waals surface area contributed by atoms with Gasteiger partial charge >= 0.3 is 0 Å². The summed E-state index contributed by atoms with van der Waals surface area (Å²) in [5.74, 6) is -0.448. The van der Waals surface area contributed by atoms with E-state index in [9.17, 15) is 9.59 Å². The van der Waals surface area contributed by atoms with Gasteiger partial charge in [0.25, 0.3) is 0 Å². The van der Waals surface area contributed by atoms with Crippen LogP contribution in [0.4, 0.5) is 11.4 Å². The first-order chi connectivity index (χ1) is 13.3. The SMILES string of the molecule is Cc1cc(Cl)ccc1NC(=O)C[C@H]1SC(=Nc2cccc(Cl)c2Cl)N(C)C1=O. The Kier molecular flexibility index (Phi) is 6.55. The number of hydrogen-bond donors (Lipinski definition) is 1. The molecular formula is C19H16Cl3N3O2S. The summed E-state index contributed by atoms with van der Waals surface area (Å²) in [5, 5.41) is 4.02. The highest BCUT2D eigenvalue weighted by Gasteiger charge is 2.37. The summed E-state index contributed by atoms with van der Waals surface area (Å²) in [7, 11) is 1.62. The molecule has 28 heavy (non-hydrogen) atoms. The molecule has 146 valence electrons. The molecule has 9 heteroatoms. The van der Waals surface area contributed by atoms with Crippen LogP contribution in [0.15, 0.2) is 41.4 Å². The Bertz CT molecular complexity index is 981. The van der Waals surface area contributed by atoms with Gasteiger partial charge in [-0.25, -0.2) is 4.99 Å². The van der Waals surface area contributed by atoms with E-state index in [0.717, 1.165) is 5.56 Å². The summed E-state index contributed by atoms with van der Waals surface area (Å²) in [4.78, 5) is 30.8. The van der Waals surface area contributed by atoms with Gasteiger partial charge < -0.3 is 5.32 Å². The van der Waals surface area contributed by atoms with Gasteiger partial charge in [-0.05, 0) is 42.8 Å². The molecule has 3 rings (SSSR count). The number of benzene rings is 2. The van der Waals surface area contributed by atoms with Crippen LogP contribution in [0.3, 0.4) is 0 Å². The number of aryl methyl sites for hydroxylation is 1. The second-order valence-corrected chi connectivity index (χ2v) is 8.57. The van der Waals surface area contributed by atoms with E-state index in [1.54, 1.807) is 43.4 Å². The Balaban J connectivity index is 1.72. The molecule has 1 heterocycles. The first-order valence-electron chi connectivity index (χ1n) is 8.29. The van der Waals surface area contributed by atoms with Crippen LogP contribution in [0.1, 0.15) is 12.0 Å². The second-order valence-electron chi connectivity index (χ2n) is 6.18. The van der Waals surface area contributed by atoms with Crippen LogP contribution in [-0.2, 0) is 9.59 Å². The van der Waals surface area contributed by atoms with Gasteiger partial charge in [0.2, 0.25) is 11.8 Å². The average molecular weight is 457 g/mol. The van der Waals surface area contributed by atoms with Crippen molar-refractivity contribution in [3.05, 3.63) is 57.0 Å². The van der Waals surface area contributed by atoms with Gasteiger partial charge in [-0.3, -0.25) is 14.5 Å². The normalized spacial score (nSPS) is 18.0. The van der Waals surface area contributed by atoms with Crippen molar-refractivity contribution < 1.29 is 9.59 Å². The van der Waals surface area contributed by atoms with Crippen molar-refractivity contribution in [3.8, 4) is 0 Å². The molecule has 1 N–H and O–H groups in total. The van der Waals surface area contributed by atoms with E-state index in [1.165, 1.54) is 16.7 Å². The fraction of sp³-hybridized carbons (Fsp3) is 0.211. The maximum Gasteiger partial charge on any atom is 0.242 e. The van der Waals surface area contributed by atoms with Crippen molar-refractivity contribution in [1.29, 1.82) is 0 Å².